The predicted octanol–water partition coefficient (Wildman–Crippen LogP) is 3.17. The van der Waals surface area contributed by atoms with Gasteiger partial charge in [0.15, 0.2) is 11.6 Å². The van der Waals surface area contributed by atoms with Crippen molar-refractivity contribution in [2.75, 3.05) is 11.4 Å². The first-order valence-corrected chi connectivity index (χ1v) is 6.61. The number of carbonyl (C=O) groups excluding carboxylic acids is 1. The molecule has 6 heteroatoms. The summed E-state index contributed by atoms with van der Waals surface area (Å²) < 4.78 is 31.3. The van der Waals surface area contributed by atoms with Crippen LogP contribution in [-0.2, 0) is 11.2 Å². The number of carbonyl (C=O) groups is 1. The molecule has 1 aromatic carbocycles. The van der Waals surface area contributed by atoms with Crippen molar-refractivity contribution in [1.82, 2.24) is 5.16 Å². The molecule has 0 atom stereocenters. The van der Waals surface area contributed by atoms with Gasteiger partial charge in [0.1, 0.15) is 5.76 Å². The van der Waals surface area contributed by atoms with Gasteiger partial charge in [0.25, 0.3) is 0 Å². The molecule has 1 aromatic heterocycles. The maximum atomic E-state index is 13.3. The Kier molecular flexibility index (Phi) is 4.35. The third kappa shape index (κ3) is 3.09. The Labute approximate surface area is 121 Å². The number of benzene rings is 1. The molecule has 21 heavy (non-hydrogen) atoms. The van der Waals surface area contributed by atoms with Crippen LogP contribution in [0.2, 0.25) is 0 Å². The highest BCUT2D eigenvalue weighted by atomic mass is 19.2. The maximum absolute atomic E-state index is 13.3. The normalized spacial score (nSPS) is 10.7. The fourth-order valence-corrected chi connectivity index (χ4v) is 2.16. The highest BCUT2D eigenvalue weighted by Gasteiger charge is 2.20. The van der Waals surface area contributed by atoms with Gasteiger partial charge in [-0.1, -0.05) is 5.16 Å². The second kappa shape index (κ2) is 6.03. The number of likely N-dealkylation sites (N-methyl/N-ethyl adjacent to an activating group) is 1. The van der Waals surface area contributed by atoms with E-state index < -0.39 is 11.6 Å². The second-order valence-corrected chi connectivity index (χ2v) is 4.72. The van der Waals surface area contributed by atoms with Gasteiger partial charge in [0.05, 0.1) is 12.1 Å². The number of aryl methyl sites for hydroxylation is 2. The Hall–Kier alpha value is -2.24. The van der Waals surface area contributed by atoms with Crippen molar-refractivity contribution in [2.45, 2.75) is 27.2 Å². The summed E-state index contributed by atoms with van der Waals surface area (Å²) in [5.74, 6) is -1.55. The summed E-state index contributed by atoms with van der Waals surface area (Å²) in [6, 6.07) is 3.41. The minimum Gasteiger partial charge on any atom is -0.361 e. The molecule has 0 spiro atoms. The molecule has 0 saturated heterocycles. The lowest BCUT2D eigenvalue weighted by atomic mass is 10.1. The first kappa shape index (κ1) is 15.2. The maximum Gasteiger partial charge on any atom is 0.231 e. The van der Waals surface area contributed by atoms with Crippen molar-refractivity contribution in [3.8, 4) is 0 Å². The lowest BCUT2D eigenvalue weighted by Crippen LogP contribution is -2.32. The standard InChI is InChI=1S/C15H16F2N2O2/c1-4-19(11-5-6-13(16)14(17)7-11)15(20)8-12-9(2)18-21-10(12)3/h5-7H,4,8H2,1-3H3. The number of nitrogens with zero attached hydrogens (tertiary/aromatic N) is 2. The highest BCUT2D eigenvalue weighted by molar-refractivity contribution is 5.94. The van der Waals surface area contributed by atoms with Crippen LogP contribution in [0.25, 0.3) is 0 Å². The van der Waals surface area contributed by atoms with E-state index >= 15 is 0 Å². The third-order valence-corrected chi connectivity index (χ3v) is 3.34. The molecule has 0 bridgehead atoms. The fourth-order valence-electron chi connectivity index (χ4n) is 2.16. The van der Waals surface area contributed by atoms with Gasteiger partial charge in [-0.25, -0.2) is 8.78 Å². The van der Waals surface area contributed by atoms with Gasteiger partial charge >= 0.3 is 0 Å². The minimum absolute atomic E-state index is 0.105. The number of anilines is 1. The van der Waals surface area contributed by atoms with Crippen LogP contribution in [0.15, 0.2) is 22.7 Å². The number of amides is 1. The van der Waals surface area contributed by atoms with Gasteiger partial charge in [0.2, 0.25) is 5.91 Å². The molecule has 1 amide bonds. The van der Waals surface area contributed by atoms with E-state index in [0.717, 1.165) is 17.7 Å². The van der Waals surface area contributed by atoms with Crippen LogP contribution in [0.4, 0.5) is 14.5 Å². The zero-order chi connectivity index (χ0) is 15.6. The van der Waals surface area contributed by atoms with Gasteiger partial charge < -0.3 is 9.42 Å². The first-order chi connectivity index (χ1) is 9.93. The van der Waals surface area contributed by atoms with Crippen LogP contribution in [0.1, 0.15) is 23.9 Å². The minimum atomic E-state index is -0.976. The van der Waals surface area contributed by atoms with Crippen molar-refractivity contribution in [3.63, 3.8) is 0 Å². The summed E-state index contributed by atoms with van der Waals surface area (Å²) in [5.41, 5.74) is 1.70. The van der Waals surface area contributed by atoms with E-state index in [1.165, 1.54) is 11.0 Å². The molecule has 0 aliphatic rings. The molecule has 0 aliphatic carbocycles. The summed E-state index contributed by atoms with van der Waals surface area (Å²) in [7, 11) is 0. The lowest BCUT2D eigenvalue weighted by Gasteiger charge is -2.21. The second-order valence-electron chi connectivity index (χ2n) is 4.72. The van der Waals surface area contributed by atoms with E-state index in [1.807, 2.05) is 0 Å². The Bertz CT molecular complexity index is 648. The lowest BCUT2D eigenvalue weighted by molar-refractivity contribution is -0.118. The van der Waals surface area contributed by atoms with E-state index in [9.17, 15) is 13.6 Å². The number of hydrogen-bond acceptors (Lipinski definition) is 3. The summed E-state index contributed by atoms with van der Waals surface area (Å²) in [6.45, 7) is 5.61. The zero-order valence-electron chi connectivity index (χ0n) is 12.1. The average Bonchev–Trinajstić information content (AvgIpc) is 2.75. The van der Waals surface area contributed by atoms with Crippen molar-refractivity contribution < 1.29 is 18.1 Å². The van der Waals surface area contributed by atoms with Crippen molar-refractivity contribution in [3.05, 3.63) is 46.9 Å². The van der Waals surface area contributed by atoms with Crippen molar-refractivity contribution >= 4 is 11.6 Å². The van der Waals surface area contributed by atoms with E-state index in [2.05, 4.69) is 5.16 Å². The smallest absolute Gasteiger partial charge is 0.231 e. The van der Waals surface area contributed by atoms with Gasteiger partial charge in [-0.05, 0) is 32.9 Å². The fraction of sp³-hybridized carbons (Fsp3) is 0.333. The molecule has 0 saturated carbocycles. The molecule has 1 heterocycles. The zero-order valence-corrected chi connectivity index (χ0v) is 12.1. The number of halogens is 2. The molecule has 0 unspecified atom stereocenters. The van der Waals surface area contributed by atoms with Crippen LogP contribution in [0.5, 0.6) is 0 Å². The van der Waals surface area contributed by atoms with E-state index in [-0.39, 0.29) is 12.3 Å². The summed E-state index contributed by atoms with van der Waals surface area (Å²) in [5, 5.41) is 3.80. The Morgan fingerprint density at radius 3 is 2.52 bits per heavy atom. The quantitative estimate of drug-likeness (QED) is 0.870. The molecule has 0 fully saturated rings. The van der Waals surface area contributed by atoms with Gasteiger partial charge in [-0.3, -0.25) is 4.79 Å². The van der Waals surface area contributed by atoms with Gasteiger partial charge in [-0.15, -0.1) is 0 Å². The molecule has 2 rings (SSSR count). The molecule has 0 N–H and O–H groups in total. The monoisotopic (exact) mass is 294 g/mol. The number of rotatable bonds is 4. The topological polar surface area (TPSA) is 46.3 Å². The van der Waals surface area contributed by atoms with E-state index in [1.54, 1.807) is 20.8 Å². The van der Waals surface area contributed by atoms with E-state index in [4.69, 9.17) is 4.52 Å². The molecule has 112 valence electrons. The van der Waals surface area contributed by atoms with Crippen LogP contribution in [-0.4, -0.2) is 17.6 Å². The Morgan fingerprint density at radius 2 is 2.00 bits per heavy atom. The Morgan fingerprint density at radius 1 is 1.29 bits per heavy atom. The van der Waals surface area contributed by atoms with Crippen molar-refractivity contribution in [2.24, 2.45) is 0 Å². The van der Waals surface area contributed by atoms with Gasteiger partial charge in [-0.2, -0.15) is 0 Å². The third-order valence-electron chi connectivity index (χ3n) is 3.34. The molecular formula is C15H16F2N2O2. The van der Waals surface area contributed by atoms with Crippen molar-refractivity contribution in [1.29, 1.82) is 0 Å². The average molecular weight is 294 g/mol. The van der Waals surface area contributed by atoms with Gasteiger partial charge in [0, 0.05) is 23.9 Å². The molecule has 2 aromatic rings. The van der Waals surface area contributed by atoms with Crippen LogP contribution >= 0.6 is 0 Å². The number of hydrogen-bond donors (Lipinski definition) is 0. The molecule has 0 aliphatic heterocycles. The number of aromatic nitrogens is 1. The molecular weight excluding hydrogens is 278 g/mol. The van der Waals surface area contributed by atoms with E-state index in [0.29, 0.717) is 23.7 Å². The Balaban J connectivity index is 2.24. The predicted molar refractivity (Wildman–Crippen MR) is 74.1 cm³/mol. The molecule has 0 radical (unpaired) electrons. The first-order valence-electron chi connectivity index (χ1n) is 6.61. The van der Waals surface area contributed by atoms with Crippen LogP contribution in [0.3, 0.4) is 0 Å². The SMILES string of the molecule is CCN(C(=O)Cc1c(C)noc1C)c1ccc(F)c(F)c1. The summed E-state index contributed by atoms with van der Waals surface area (Å²) in [6.07, 6.45) is 0.105. The highest BCUT2D eigenvalue weighted by Crippen LogP contribution is 2.20. The summed E-state index contributed by atoms with van der Waals surface area (Å²) in [4.78, 5) is 13.8. The molecule has 4 nitrogen and oxygen atoms in total. The summed E-state index contributed by atoms with van der Waals surface area (Å²) >= 11 is 0. The largest absolute Gasteiger partial charge is 0.361 e. The van der Waals surface area contributed by atoms with Crippen LogP contribution < -0.4 is 4.90 Å². The van der Waals surface area contributed by atoms with Crippen LogP contribution in [0, 0.1) is 25.5 Å².